The van der Waals surface area contributed by atoms with E-state index in [1.54, 1.807) is 13.2 Å². The van der Waals surface area contributed by atoms with Gasteiger partial charge in [0.1, 0.15) is 11.6 Å². The molecule has 0 saturated carbocycles. The Bertz CT molecular complexity index is 980. The second kappa shape index (κ2) is 8.76. The van der Waals surface area contributed by atoms with Crippen LogP contribution in [0.25, 0.3) is 0 Å². The Kier molecular flexibility index (Phi) is 5.91. The quantitative estimate of drug-likeness (QED) is 0.772. The van der Waals surface area contributed by atoms with Gasteiger partial charge in [0.15, 0.2) is 0 Å². The van der Waals surface area contributed by atoms with Gasteiger partial charge in [-0.3, -0.25) is 4.90 Å². The lowest BCUT2D eigenvalue weighted by Gasteiger charge is -2.41. The molecule has 2 aromatic carbocycles. The summed E-state index contributed by atoms with van der Waals surface area (Å²) in [5.74, 6) is 0.986. The Morgan fingerprint density at radius 2 is 2.03 bits per heavy atom. The highest BCUT2D eigenvalue weighted by atomic mass is 35.5. The number of benzene rings is 2. The second-order valence-electron chi connectivity index (χ2n) is 6.72. The summed E-state index contributed by atoms with van der Waals surface area (Å²) < 4.78 is 24.5. The SMILES string of the molecule is COc1cccc(N2C(N3CCOCC3)=NC(N)=NC2Nc2ccc(F)c(Cl)c2)c1. The van der Waals surface area contributed by atoms with E-state index in [0.29, 0.717) is 43.7 Å². The number of rotatable bonds is 4. The van der Waals surface area contributed by atoms with E-state index in [4.69, 9.17) is 26.8 Å². The molecule has 1 fully saturated rings. The minimum absolute atomic E-state index is 0.0164. The van der Waals surface area contributed by atoms with Crippen molar-refractivity contribution in [1.29, 1.82) is 0 Å². The molecule has 0 bridgehead atoms. The van der Waals surface area contributed by atoms with E-state index in [1.807, 2.05) is 29.2 Å². The number of halogens is 2. The molecule has 1 unspecified atom stereocenters. The average molecular weight is 433 g/mol. The largest absolute Gasteiger partial charge is 0.497 e. The number of hydrogen-bond acceptors (Lipinski definition) is 8. The van der Waals surface area contributed by atoms with Crippen LogP contribution in [0.4, 0.5) is 15.8 Å². The van der Waals surface area contributed by atoms with Crippen molar-refractivity contribution in [2.45, 2.75) is 6.29 Å². The van der Waals surface area contributed by atoms with Crippen LogP contribution in [0.1, 0.15) is 0 Å². The Morgan fingerprint density at radius 1 is 1.23 bits per heavy atom. The van der Waals surface area contributed by atoms with E-state index in [2.05, 4.69) is 20.2 Å². The van der Waals surface area contributed by atoms with E-state index in [9.17, 15) is 4.39 Å². The highest BCUT2D eigenvalue weighted by Crippen LogP contribution is 2.28. The average Bonchev–Trinajstić information content (AvgIpc) is 2.76. The summed E-state index contributed by atoms with van der Waals surface area (Å²) in [6.45, 7) is 2.52. The van der Waals surface area contributed by atoms with Crippen LogP contribution >= 0.6 is 11.6 Å². The van der Waals surface area contributed by atoms with Gasteiger partial charge in [0.05, 0.1) is 31.0 Å². The smallest absolute Gasteiger partial charge is 0.222 e. The van der Waals surface area contributed by atoms with Crippen LogP contribution in [0, 0.1) is 5.82 Å². The van der Waals surface area contributed by atoms with Gasteiger partial charge < -0.3 is 25.4 Å². The number of morpholine rings is 1. The minimum atomic E-state index is -0.631. The molecule has 1 atom stereocenters. The predicted octanol–water partition coefficient (Wildman–Crippen LogP) is 2.71. The van der Waals surface area contributed by atoms with Gasteiger partial charge in [0.2, 0.25) is 18.2 Å². The summed E-state index contributed by atoms with van der Waals surface area (Å²) in [6.07, 6.45) is -0.631. The monoisotopic (exact) mass is 432 g/mol. The van der Waals surface area contributed by atoms with Crippen LogP contribution in [0.5, 0.6) is 5.75 Å². The Hall–Kier alpha value is -3.04. The van der Waals surface area contributed by atoms with Crippen LogP contribution in [-0.2, 0) is 4.74 Å². The van der Waals surface area contributed by atoms with Crippen LogP contribution in [0.2, 0.25) is 5.02 Å². The molecule has 8 nitrogen and oxygen atoms in total. The molecule has 0 aliphatic carbocycles. The number of nitrogens with zero attached hydrogens (tertiary/aromatic N) is 4. The molecule has 30 heavy (non-hydrogen) atoms. The topological polar surface area (TPSA) is 87.7 Å². The first-order valence-electron chi connectivity index (χ1n) is 9.44. The molecule has 10 heteroatoms. The van der Waals surface area contributed by atoms with Gasteiger partial charge in [-0.05, 0) is 30.3 Å². The molecule has 2 aliphatic rings. The van der Waals surface area contributed by atoms with Gasteiger partial charge >= 0.3 is 0 Å². The molecule has 3 N–H and O–H groups in total. The number of nitrogens with one attached hydrogen (secondary N) is 1. The normalized spacial score (nSPS) is 19.2. The molecule has 0 radical (unpaired) electrons. The number of methoxy groups -OCH3 is 1. The number of hydrogen-bond donors (Lipinski definition) is 2. The van der Waals surface area contributed by atoms with Gasteiger partial charge in [-0.25, -0.2) is 9.38 Å². The maximum absolute atomic E-state index is 13.6. The van der Waals surface area contributed by atoms with Crippen molar-refractivity contribution in [2.75, 3.05) is 43.6 Å². The van der Waals surface area contributed by atoms with Crippen molar-refractivity contribution in [2.24, 2.45) is 15.7 Å². The summed E-state index contributed by atoms with van der Waals surface area (Å²) >= 11 is 5.95. The van der Waals surface area contributed by atoms with Crippen LogP contribution < -0.4 is 20.7 Å². The highest BCUT2D eigenvalue weighted by Gasteiger charge is 2.32. The summed E-state index contributed by atoms with van der Waals surface area (Å²) in [4.78, 5) is 13.0. The van der Waals surface area contributed by atoms with Crippen LogP contribution in [0.15, 0.2) is 52.4 Å². The van der Waals surface area contributed by atoms with E-state index in [-0.39, 0.29) is 11.0 Å². The van der Waals surface area contributed by atoms with Crippen molar-refractivity contribution >= 4 is 34.9 Å². The minimum Gasteiger partial charge on any atom is -0.497 e. The van der Waals surface area contributed by atoms with Crippen molar-refractivity contribution in [3.8, 4) is 5.75 Å². The zero-order chi connectivity index (χ0) is 21.1. The molecule has 0 aromatic heterocycles. The third kappa shape index (κ3) is 4.27. The molecule has 4 rings (SSSR count). The molecule has 1 saturated heterocycles. The first-order valence-corrected chi connectivity index (χ1v) is 9.82. The Labute approximate surface area is 178 Å². The number of nitrogens with two attached hydrogens (primary N) is 1. The lowest BCUT2D eigenvalue weighted by atomic mass is 10.2. The van der Waals surface area contributed by atoms with Crippen molar-refractivity contribution in [3.63, 3.8) is 0 Å². The zero-order valence-corrected chi connectivity index (χ0v) is 17.1. The van der Waals surface area contributed by atoms with Crippen LogP contribution in [0.3, 0.4) is 0 Å². The number of anilines is 2. The summed E-state index contributed by atoms with van der Waals surface area (Å²) in [5.41, 5.74) is 7.46. The van der Waals surface area contributed by atoms with Gasteiger partial charge in [-0.15, -0.1) is 0 Å². The van der Waals surface area contributed by atoms with Crippen molar-refractivity contribution in [1.82, 2.24) is 4.90 Å². The molecular formula is C20H22ClFN6O2. The van der Waals surface area contributed by atoms with Gasteiger partial charge in [0.25, 0.3) is 0 Å². The number of aliphatic imine (C=N–C) groups is 2. The lowest BCUT2D eigenvalue weighted by molar-refractivity contribution is 0.0671. The first-order chi connectivity index (χ1) is 14.5. The third-order valence-corrected chi connectivity index (χ3v) is 5.06. The maximum Gasteiger partial charge on any atom is 0.222 e. The standard InChI is InChI=1S/C20H22ClFN6O2/c1-29-15-4-2-3-14(12-15)28-19(24-13-5-6-17(22)16(21)11-13)25-18(23)26-20(28)27-7-9-30-10-8-27/h2-6,11-12,19,24H,7-10H2,1H3,(H2,23,25). The number of guanidine groups is 2. The molecule has 2 heterocycles. The molecule has 0 amide bonds. The Morgan fingerprint density at radius 3 is 2.77 bits per heavy atom. The van der Waals surface area contributed by atoms with Crippen molar-refractivity contribution < 1.29 is 13.9 Å². The third-order valence-electron chi connectivity index (χ3n) is 4.77. The van der Waals surface area contributed by atoms with Crippen LogP contribution in [-0.4, -0.2) is 56.5 Å². The van der Waals surface area contributed by atoms with E-state index in [0.717, 1.165) is 5.69 Å². The molecule has 158 valence electrons. The molecule has 2 aliphatic heterocycles. The Balaban J connectivity index is 1.73. The zero-order valence-electron chi connectivity index (χ0n) is 16.4. The van der Waals surface area contributed by atoms with E-state index >= 15 is 0 Å². The predicted molar refractivity (Wildman–Crippen MR) is 116 cm³/mol. The summed E-state index contributed by atoms with van der Waals surface area (Å²) in [5, 5.41) is 3.28. The van der Waals surface area contributed by atoms with Gasteiger partial charge in [0, 0.05) is 24.8 Å². The lowest BCUT2D eigenvalue weighted by Crippen LogP contribution is -2.57. The fraction of sp³-hybridized carbons (Fsp3) is 0.300. The fourth-order valence-electron chi connectivity index (χ4n) is 3.31. The molecule has 2 aromatic rings. The van der Waals surface area contributed by atoms with E-state index in [1.165, 1.54) is 12.1 Å². The summed E-state index contributed by atoms with van der Waals surface area (Å²) in [6, 6.07) is 12.0. The number of ether oxygens (including phenoxy) is 2. The van der Waals surface area contributed by atoms with E-state index < -0.39 is 12.1 Å². The van der Waals surface area contributed by atoms with Crippen molar-refractivity contribution in [3.05, 3.63) is 53.3 Å². The van der Waals surface area contributed by atoms with Gasteiger partial charge in [-0.2, -0.15) is 4.99 Å². The van der Waals surface area contributed by atoms with Gasteiger partial charge in [-0.1, -0.05) is 17.7 Å². The molecule has 0 spiro atoms. The second-order valence-corrected chi connectivity index (χ2v) is 7.12. The highest BCUT2D eigenvalue weighted by molar-refractivity contribution is 6.31. The first kappa shape index (κ1) is 20.2. The fourth-order valence-corrected chi connectivity index (χ4v) is 3.49. The summed E-state index contributed by atoms with van der Waals surface area (Å²) in [7, 11) is 1.61. The molecular weight excluding hydrogens is 411 g/mol. The maximum atomic E-state index is 13.6.